The fourth-order valence-corrected chi connectivity index (χ4v) is 3.73. The Labute approximate surface area is 154 Å². The van der Waals surface area contributed by atoms with E-state index in [4.69, 9.17) is 0 Å². The minimum absolute atomic E-state index is 0. The van der Waals surface area contributed by atoms with Gasteiger partial charge < -0.3 is 10.2 Å². The van der Waals surface area contributed by atoms with E-state index in [2.05, 4.69) is 47.8 Å². The highest BCUT2D eigenvalue weighted by atomic mass is 127. The summed E-state index contributed by atoms with van der Waals surface area (Å²) in [6.45, 7) is 13.7. The van der Waals surface area contributed by atoms with E-state index in [9.17, 15) is 0 Å². The molecule has 5 heteroatoms. The van der Waals surface area contributed by atoms with Crippen LogP contribution in [0.4, 0.5) is 0 Å². The molecule has 1 aliphatic heterocycles. The second-order valence-corrected chi connectivity index (χ2v) is 7.39. The Balaban J connectivity index is 0.00000242. The molecule has 2 unspecified atom stereocenters. The molecule has 2 rings (SSSR count). The van der Waals surface area contributed by atoms with Gasteiger partial charge in [-0.1, -0.05) is 13.8 Å². The first-order chi connectivity index (χ1) is 10.0. The Morgan fingerprint density at radius 3 is 2.27 bits per heavy atom. The van der Waals surface area contributed by atoms with Gasteiger partial charge >= 0.3 is 0 Å². The van der Waals surface area contributed by atoms with Crippen LogP contribution in [0.15, 0.2) is 4.99 Å². The highest BCUT2D eigenvalue weighted by molar-refractivity contribution is 14.0. The monoisotopic (exact) mass is 422 g/mol. The molecule has 1 saturated heterocycles. The average molecular weight is 422 g/mol. The van der Waals surface area contributed by atoms with Gasteiger partial charge in [-0.2, -0.15) is 0 Å². The number of piperidine rings is 1. The van der Waals surface area contributed by atoms with Crippen molar-refractivity contribution >= 4 is 29.9 Å². The molecule has 130 valence electrons. The van der Waals surface area contributed by atoms with Crippen molar-refractivity contribution in [2.24, 2.45) is 16.8 Å². The van der Waals surface area contributed by atoms with Crippen molar-refractivity contribution in [2.75, 3.05) is 33.2 Å². The van der Waals surface area contributed by atoms with Gasteiger partial charge in [0.25, 0.3) is 0 Å². The first-order valence-corrected chi connectivity index (χ1v) is 8.72. The molecule has 2 fully saturated rings. The third-order valence-electron chi connectivity index (χ3n) is 4.71. The predicted molar refractivity (Wildman–Crippen MR) is 106 cm³/mol. The van der Waals surface area contributed by atoms with Crippen molar-refractivity contribution in [3.63, 3.8) is 0 Å². The summed E-state index contributed by atoms with van der Waals surface area (Å²) in [5, 5.41) is 3.58. The van der Waals surface area contributed by atoms with E-state index in [1.165, 1.54) is 19.3 Å². The zero-order valence-electron chi connectivity index (χ0n) is 15.0. The normalized spacial score (nSPS) is 26.3. The first kappa shape index (κ1) is 20.0. The van der Waals surface area contributed by atoms with Crippen LogP contribution in [0.25, 0.3) is 0 Å². The standard InChI is InChI=1S/C17H34N4.HI/c1-13(2)21(16-6-7-16)9-8-19-17(18-5)20-11-14(3)10-15(4)12-20;/h13-16H,6-12H2,1-5H3,(H,18,19);1H. The van der Waals surface area contributed by atoms with E-state index in [-0.39, 0.29) is 24.0 Å². The number of hydrogen-bond acceptors (Lipinski definition) is 2. The maximum Gasteiger partial charge on any atom is 0.193 e. The van der Waals surface area contributed by atoms with Crippen LogP contribution < -0.4 is 5.32 Å². The van der Waals surface area contributed by atoms with Gasteiger partial charge in [0.1, 0.15) is 0 Å². The molecule has 0 aromatic rings. The molecule has 4 nitrogen and oxygen atoms in total. The quantitative estimate of drug-likeness (QED) is 0.420. The molecule has 0 aromatic carbocycles. The molecular formula is C17H35IN4. The Hall–Kier alpha value is -0.0400. The van der Waals surface area contributed by atoms with Crippen molar-refractivity contribution in [3.8, 4) is 0 Å². The van der Waals surface area contributed by atoms with Gasteiger partial charge in [-0.25, -0.2) is 0 Å². The molecule has 1 heterocycles. The van der Waals surface area contributed by atoms with Crippen molar-refractivity contribution < 1.29 is 0 Å². The van der Waals surface area contributed by atoms with Crippen LogP contribution in [0.3, 0.4) is 0 Å². The van der Waals surface area contributed by atoms with E-state index in [1.54, 1.807) is 0 Å². The number of hydrogen-bond donors (Lipinski definition) is 1. The van der Waals surface area contributed by atoms with Gasteiger partial charge in [0.15, 0.2) is 5.96 Å². The largest absolute Gasteiger partial charge is 0.355 e. The van der Waals surface area contributed by atoms with Gasteiger partial charge in [0.2, 0.25) is 0 Å². The van der Waals surface area contributed by atoms with Crippen molar-refractivity contribution in [1.29, 1.82) is 0 Å². The molecule has 2 atom stereocenters. The summed E-state index contributed by atoms with van der Waals surface area (Å²) >= 11 is 0. The Kier molecular flexibility index (Phi) is 8.46. The molecule has 0 radical (unpaired) electrons. The molecule has 0 aromatic heterocycles. The van der Waals surface area contributed by atoms with Gasteiger partial charge in [0.05, 0.1) is 0 Å². The highest BCUT2D eigenvalue weighted by Gasteiger charge is 2.30. The second-order valence-electron chi connectivity index (χ2n) is 7.39. The predicted octanol–water partition coefficient (Wildman–Crippen LogP) is 3.03. The van der Waals surface area contributed by atoms with Crippen molar-refractivity contribution in [2.45, 2.75) is 59.0 Å². The van der Waals surface area contributed by atoms with E-state index in [0.717, 1.165) is 50.0 Å². The van der Waals surface area contributed by atoms with Crippen LogP contribution in [-0.4, -0.2) is 61.1 Å². The molecule has 1 saturated carbocycles. The number of likely N-dealkylation sites (tertiary alicyclic amines) is 1. The van der Waals surface area contributed by atoms with Gasteiger partial charge in [-0.3, -0.25) is 9.89 Å². The lowest BCUT2D eigenvalue weighted by Crippen LogP contribution is -2.50. The van der Waals surface area contributed by atoms with Gasteiger partial charge in [0, 0.05) is 45.3 Å². The molecule has 22 heavy (non-hydrogen) atoms. The summed E-state index contributed by atoms with van der Waals surface area (Å²) in [6.07, 6.45) is 4.11. The maximum absolute atomic E-state index is 4.50. The minimum atomic E-state index is 0. The molecule has 0 spiro atoms. The molecule has 0 bridgehead atoms. The van der Waals surface area contributed by atoms with Crippen LogP contribution in [0, 0.1) is 11.8 Å². The SMILES string of the molecule is CN=C(NCCN(C(C)C)C1CC1)N1CC(C)CC(C)C1.I. The molecule has 1 N–H and O–H groups in total. The number of halogens is 1. The summed E-state index contributed by atoms with van der Waals surface area (Å²) in [4.78, 5) is 9.56. The Morgan fingerprint density at radius 1 is 1.23 bits per heavy atom. The van der Waals surface area contributed by atoms with E-state index >= 15 is 0 Å². The molecule has 0 amide bonds. The lowest BCUT2D eigenvalue weighted by Gasteiger charge is -2.37. The average Bonchev–Trinajstić information content (AvgIpc) is 3.21. The Bertz CT molecular complexity index is 343. The third kappa shape index (κ3) is 5.87. The van der Waals surface area contributed by atoms with Crippen LogP contribution in [0.1, 0.15) is 47.0 Å². The van der Waals surface area contributed by atoms with Crippen LogP contribution >= 0.6 is 24.0 Å². The van der Waals surface area contributed by atoms with Crippen molar-refractivity contribution in [1.82, 2.24) is 15.1 Å². The topological polar surface area (TPSA) is 30.9 Å². The highest BCUT2D eigenvalue weighted by Crippen LogP contribution is 2.28. The van der Waals surface area contributed by atoms with Gasteiger partial charge in [-0.15, -0.1) is 24.0 Å². The maximum atomic E-state index is 4.50. The smallest absolute Gasteiger partial charge is 0.193 e. The first-order valence-electron chi connectivity index (χ1n) is 8.72. The number of guanidine groups is 1. The summed E-state index contributed by atoms with van der Waals surface area (Å²) < 4.78 is 0. The second kappa shape index (κ2) is 9.30. The molecule has 2 aliphatic rings. The third-order valence-corrected chi connectivity index (χ3v) is 4.71. The number of aliphatic imine (C=N–C) groups is 1. The van der Waals surface area contributed by atoms with Crippen LogP contribution in [-0.2, 0) is 0 Å². The Morgan fingerprint density at radius 2 is 1.82 bits per heavy atom. The van der Waals surface area contributed by atoms with Crippen LogP contribution in [0.5, 0.6) is 0 Å². The fourth-order valence-electron chi connectivity index (χ4n) is 3.73. The zero-order valence-corrected chi connectivity index (χ0v) is 17.3. The summed E-state index contributed by atoms with van der Waals surface area (Å²) in [6, 6.07) is 1.49. The van der Waals surface area contributed by atoms with E-state index in [0.29, 0.717) is 6.04 Å². The molecular weight excluding hydrogens is 387 g/mol. The van der Waals surface area contributed by atoms with E-state index in [1.807, 2.05) is 7.05 Å². The molecule has 1 aliphatic carbocycles. The summed E-state index contributed by atoms with van der Waals surface area (Å²) in [5.41, 5.74) is 0. The minimum Gasteiger partial charge on any atom is -0.355 e. The van der Waals surface area contributed by atoms with Crippen molar-refractivity contribution in [3.05, 3.63) is 0 Å². The lowest BCUT2D eigenvalue weighted by atomic mass is 9.92. The van der Waals surface area contributed by atoms with E-state index < -0.39 is 0 Å². The number of nitrogens with zero attached hydrogens (tertiary/aromatic N) is 3. The summed E-state index contributed by atoms with van der Waals surface area (Å²) in [7, 11) is 1.91. The van der Waals surface area contributed by atoms with Crippen LogP contribution in [0.2, 0.25) is 0 Å². The summed E-state index contributed by atoms with van der Waals surface area (Å²) in [5.74, 6) is 2.63. The number of rotatable bonds is 5. The van der Waals surface area contributed by atoms with Gasteiger partial charge in [-0.05, 0) is 44.9 Å². The lowest BCUT2D eigenvalue weighted by molar-refractivity contribution is 0.201. The number of nitrogens with one attached hydrogen (secondary N) is 1. The zero-order chi connectivity index (χ0) is 15.4. The fraction of sp³-hybridized carbons (Fsp3) is 0.941.